The molecule has 1 rings (SSSR count). The molecule has 0 aliphatic rings. The minimum absolute atomic E-state index is 0.365. The molecule has 0 aliphatic heterocycles. The summed E-state index contributed by atoms with van der Waals surface area (Å²) in [6.45, 7) is 8.83. The molecule has 0 saturated carbocycles. The summed E-state index contributed by atoms with van der Waals surface area (Å²) in [5.74, 6) is 0.535. The first-order valence-electron chi connectivity index (χ1n) is 6.48. The molecule has 3 nitrogen and oxygen atoms in total. The minimum Gasteiger partial charge on any atom is -0.310 e. The number of sulfone groups is 1. The molecule has 1 aromatic carbocycles. The average molecular weight is 281 g/mol. The van der Waals surface area contributed by atoms with Gasteiger partial charge in [-0.1, -0.05) is 25.1 Å². The predicted octanol–water partition coefficient (Wildman–Crippen LogP) is 2.78. The molecule has 0 saturated heterocycles. The van der Waals surface area contributed by atoms with E-state index in [9.17, 15) is 8.42 Å². The summed E-state index contributed by atoms with van der Waals surface area (Å²) >= 11 is 0. The van der Waals surface area contributed by atoms with Crippen LogP contribution in [0.4, 0.5) is 0 Å². The van der Waals surface area contributed by atoms with Crippen molar-refractivity contribution in [1.82, 2.24) is 5.32 Å². The molecule has 1 aromatic rings. The molecule has 106 valence electrons. The summed E-state index contributed by atoms with van der Waals surface area (Å²) in [6.07, 6.45) is 4.14. The van der Waals surface area contributed by atoms with Crippen LogP contribution in [0.3, 0.4) is 0 Å². The monoisotopic (exact) mass is 281 g/mol. The summed E-state index contributed by atoms with van der Waals surface area (Å²) in [6, 6.07) is 7.42. The molecule has 0 bridgehead atoms. The lowest BCUT2D eigenvalue weighted by Crippen LogP contribution is -2.31. The van der Waals surface area contributed by atoms with Crippen LogP contribution >= 0.6 is 0 Å². The zero-order chi connectivity index (χ0) is 14.5. The Kier molecular flexibility index (Phi) is 5.76. The zero-order valence-electron chi connectivity index (χ0n) is 11.9. The van der Waals surface area contributed by atoms with E-state index in [4.69, 9.17) is 0 Å². The van der Waals surface area contributed by atoms with Crippen molar-refractivity contribution in [2.45, 2.75) is 37.8 Å². The Morgan fingerprint density at radius 2 is 1.84 bits per heavy atom. The maximum atomic E-state index is 11.3. The van der Waals surface area contributed by atoms with Crippen molar-refractivity contribution >= 4 is 9.84 Å². The normalized spacial score (nSPS) is 14.9. The third kappa shape index (κ3) is 5.17. The zero-order valence-corrected chi connectivity index (χ0v) is 12.7. The van der Waals surface area contributed by atoms with Crippen molar-refractivity contribution in [3.8, 4) is 0 Å². The Morgan fingerprint density at radius 1 is 1.26 bits per heavy atom. The van der Waals surface area contributed by atoms with E-state index in [1.165, 1.54) is 6.26 Å². The van der Waals surface area contributed by atoms with E-state index in [1.807, 2.05) is 18.2 Å². The molecule has 0 spiro atoms. The fourth-order valence-corrected chi connectivity index (χ4v) is 2.43. The van der Waals surface area contributed by atoms with Gasteiger partial charge in [0.15, 0.2) is 9.84 Å². The van der Waals surface area contributed by atoms with Gasteiger partial charge in [-0.15, -0.1) is 6.58 Å². The maximum Gasteiger partial charge on any atom is 0.175 e. The minimum atomic E-state index is -3.10. The largest absolute Gasteiger partial charge is 0.310 e. The molecule has 0 amide bonds. The first-order chi connectivity index (χ1) is 8.84. The number of hydrogen-bond acceptors (Lipinski definition) is 3. The van der Waals surface area contributed by atoms with Gasteiger partial charge in [0.25, 0.3) is 0 Å². The molecule has 0 unspecified atom stereocenters. The van der Waals surface area contributed by atoms with E-state index in [2.05, 4.69) is 25.7 Å². The van der Waals surface area contributed by atoms with E-state index in [-0.39, 0.29) is 0 Å². The van der Waals surface area contributed by atoms with Crippen LogP contribution in [0.15, 0.2) is 41.8 Å². The van der Waals surface area contributed by atoms with Gasteiger partial charge in [0, 0.05) is 18.8 Å². The molecule has 19 heavy (non-hydrogen) atoms. The standard InChI is InChI=1S/C15H23NO2S/c1-5-6-12(2)13(3)16-11-14-7-9-15(10-8-14)19(4,17)18/h5,7-10,12-13,16H,1,6,11H2,2-4H3/t12-,13+/m1/s1. The van der Waals surface area contributed by atoms with Crippen LogP contribution in [0.5, 0.6) is 0 Å². The van der Waals surface area contributed by atoms with Gasteiger partial charge in [0.2, 0.25) is 0 Å². The highest BCUT2D eigenvalue weighted by molar-refractivity contribution is 7.90. The molecular weight excluding hydrogens is 258 g/mol. The molecule has 4 heteroatoms. The lowest BCUT2D eigenvalue weighted by Gasteiger charge is -2.20. The number of hydrogen-bond donors (Lipinski definition) is 1. The Morgan fingerprint density at radius 3 is 2.32 bits per heavy atom. The molecule has 2 atom stereocenters. The van der Waals surface area contributed by atoms with Crippen molar-refractivity contribution in [3.63, 3.8) is 0 Å². The van der Waals surface area contributed by atoms with E-state index in [0.29, 0.717) is 16.9 Å². The highest BCUT2D eigenvalue weighted by Crippen LogP contribution is 2.12. The quantitative estimate of drug-likeness (QED) is 0.782. The molecule has 0 fully saturated rings. The molecular formula is C15H23NO2S. The van der Waals surface area contributed by atoms with E-state index < -0.39 is 9.84 Å². The van der Waals surface area contributed by atoms with E-state index >= 15 is 0 Å². The Bertz CT molecular complexity index is 505. The van der Waals surface area contributed by atoms with Gasteiger partial charge in [0.05, 0.1) is 4.90 Å². The number of rotatable bonds is 7. The van der Waals surface area contributed by atoms with Crippen LogP contribution in [0.1, 0.15) is 25.8 Å². The highest BCUT2D eigenvalue weighted by Gasteiger charge is 2.10. The summed E-state index contributed by atoms with van der Waals surface area (Å²) < 4.78 is 22.7. The average Bonchev–Trinajstić information content (AvgIpc) is 2.35. The number of benzene rings is 1. The van der Waals surface area contributed by atoms with E-state index in [1.54, 1.807) is 12.1 Å². The van der Waals surface area contributed by atoms with Gasteiger partial charge >= 0.3 is 0 Å². The summed E-state index contributed by atoms with van der Waals surface area (Å²) in [5.41, 5.74) is 1.09. The lowest BCUT2D eigenvalue weighted by atomic mass is 10.00. The topological polar surface area (TPSA) is 46.2 Å². The fraction of sp³-hybridized carbons (Fsp3) is 0.467. The van der Waals surface area contributed by atoms with Crippen LogP contribution in [0.25, 0.3) is 0 Å². The van der Waals surface area contributed by atoms with Crippen molar-refractivity contribution in [2.24, 2.45) is 5.92 Å². The van der Waals surface area contributed by atoms with Crippen molar-refractivity contribution in [1.29, 1.82) is 0 Å². The van der Waals surface area contributed by atoms with Crippen LogP contribution in [-0.4, -0.2) is 20.7 Å². The van der Waals surface area contributed by atoms with Gasteiger partial charge < -0.3 is 5.32 Å². The first-order valence-corrected chi connectivity index (χ1v) is 8.37. The van der Waals surface area contributed by atoms with Crippen LogP contribution in [-0.2, 0) is 16.4 Å². The summed E-state index contributed by atoms with van der Waals surface area (Å²) in [7, 11) is -3.10. The van der Waals surface area contributed by atoms with Crippen molar-refractivity contribution in [2.75, 3.05) is 6.26 Å². The Balaban J connectivity index is 2.57. The second-order valence-corrected chi connectivity index (χ2v) is 7.10. The van der Waals surface area contributed by atoms with Crippen LogP contribution < -0.4 is 5.32 Å². The van der Waals surface area contributed by atoms with Crippen LogP contribution in [0, 0.1) is 5.92 Å². The fourth-order valence-electron chi connectivity index (χ4n) is 1.80. The van der Waals surface area contributed by atoms with Gasteiger partial charge in [0.1, 0.15) is 0 Å². The van der Waals surface area contributed by atoms with Gasteiger partial charge in [-0.25, -0.2) is 8.42 Å². The number of allylic oxidation sites excluding steroid dienone is 1. The van der Waals surface area contributed by atoms with Gasteiger partial charge in [-0.3, -0.25) is 0 Å². The maximum absolute atomic E-state index is 11.3. The van der Waals surface area contributed by atoms with Gasteiger partial charge in [-0.05, 0) is 37.0 Å². The van der Waals surface area contributed by atoms with Crippen molar-refractivity contribution in [3.05, 3.63) is 42.5 Å². The predicted molar refractivity (Wildman–Crippen MR) is 79.8 cm³/mol. The van der Waals surface area contributed by atoms with Crippen molar-refractivity contribution < 1.29 is 8.42 Å². The van der Waals surface area contributed by atoms with Crippen LogP contribution in [0.2, 0.25) is 0 Å². The second kappa shape index (κ2) is 6.87. The van der Waals surface area contributed by atoms with E-state index in [0.717, 1.165) is 18.5 Å². The molecule has 0 aliphatic carbocycles. The highest BCUT2D eigenvalue weighted by atomic mass is 32.2. The summed E-state index contributed by atoms with van der Waals surface area (Å²) in [5, 5.41) is 3.44. The molecule has 0 heterocycles. The smallest absolute Gasteiger partial charge is 0.175 e. The molecule has 0 aromatic heterocycles. The Labute approximate surface area is 116 Å². The summed E-state index contributed by atoms with van der Waals surface area (Å²) in [4.78, 5) is 0.365. The second-order valence-electron chi connectivity index (χ2n) is 5.09. The number of nitrogens with one attached hydrogen (secondary N) is 1. The Hall–Kier alpha value is -1.13. The first kappa shape index (κ1) is 15.9. The SMILES string of the molecule is C=CC[C@@H](C)[C@H](C)NCc1ccc(S(C)(=O)=O)cc1. The van der Waals surface area contributed by atoms with Gasteiger partial charge in [-0.2, -0.15) is 0 Å². The lowest BCUT2D eigenvalue weighted by molar-refractivity contribution is 0.402. The third-order valence-corrected chi connectivity index (χ3v) is 4.50. The third-order valence-electron chi connectivity index (χ3n) is 3.37. The molecule has 0 radical (unpaired) electrons. The molecule has 1 N–H and O–H groups in total.